The van der Waals surface area contributed by atoms with Crippen LogP contribution >= 0.6 is 0 Å². The molecule has 0 saturated carbocycles. The van der Waals surface area contributed by atoms with E-state index in [1.165, 1.54) is 0 Å². The fourth-order valence-corrected chi connectivity index (χ4v) is 3.83. The molecule has 0 aromatic carbocycles. The van der Waals surface area contributed by atoms with Gasteiger partial charge in [0.2, 0.25) is 5.91 Å². The normalized spacial score (nSPS) is 23.4. The highest BCUT2D eigenvalue weighted by Crippen LogP contribution is 2.29. The lowest BCUT2D eigenvalue weighted by molar-refractivity contribution is -0.131. The van der Waals surface area contributed by atoms with E-state index in [2.05, 4.69) is 35.9 Å². The first kappa shape index (κ1) is 17.0. The van der Waals surface area contributed by atoms with Crippen LogP contribution in [0.4, 0.5) is 0 Å². The van der Waals surface area contributed by atoms with Crippen molar-refractivity contribution in [1.29, 1.82) is 0 Å². The zero-order valence-electron chi connectivity index (χ0n) is 15.1. The number of likely N-dealkylation sites (tertiary alicyclic amines) is 1. The minimum atomic E-state index is -0.118. The van der Waals surface area contributed by atoms with E-state index in [1.807, 2.05) is 32.5 Å². The number of rotatable bonds is 4. The fourth-order valence-electron chi connectivity index (χ4n) is 3.83. The van der Waals surface area contributed by atoms with Crippen LogP contribution in [0, 0.1) is 19.8 Å². The molecule has 1 aromatic rings. The molecule has 0 N–H and O–H groups in total. The van der Waals surface area contributed by atoms with Gasteiger partial charge in [-0.25, -0.2) is 0 Å². The predicted octanol–water partition coefficient (Wildman–Crippen LogP) is 1.94. The zero-order chi connectivity index (χ0) is 16.6. The second kappa shape index (κ2) is 6.41. The summed E-state index contributed by atoms with van der Waals surface area (Å²) in [5, 5.41) is 4.45. The molecule has 124 valence electrons. The zero-order valence-corrected chi connectivity index (χ0v) is 15.1. The average Bonchev–Trinajstić information content (AvgIpc) is 3.00. The van der Waals surface area contributed by atoms with Crippen molar-refractivity contribution in [3.63, 3.8) is 0 Å². The number of likely N-dealkylation sites (N-methyl/N-ethyl adjacent to an activating group) is 1. The van der Waals surface area contributed by atoms with Gasteiger partial charge in [0.05, 0.1) is 11.6 Å². The molecule has 1 aliphatic rings. The number of carbonyl (C=O) groups is 1. The minimum absolute atomic E-state index is 0.118. The summed E-state index contributed by atoms with van der Waals surface area (Å²) in [6, 6.07) is 0.470. The number of hydrogen-bond acceptors (Lipinski definition) is 3. The Balaban J connectivity index is 2.18. The Hall–Kier alpha value is -1.36. The van der Waals surface area contributed by atoms with E-state index in [0.717, 1.165) is 36.5 Å². The Kier molecular flexibility index (Phi) is 4.95. The van der Waals surface area contributed by atoms with Crippen LogP contribution in [-0.2, 0) is 11.8 Å². The molecular weight excluding hydrogens is 276 g/mol. The summed E-state index contributed by atoms with van der Waals surface area (Å²) in [5.41, 5.74) is 3.15. The molecule has 5 heteroatoms. The van der Waals surface area contributed by atoms with E-state index < -0.39 is 0 Å². The van der Waals surface area contributed by atoms with Gasteiger partial charge in [0.1, 0.15) is 0 Å². The highest BCUT2D eigenvalue weighted by molar-refractivity contribution is 5.84. The molecule has 3 atom stereocenters. The van der Waals surface area contributed by atoms with Crippen LogP contribution in [0.1, 0.15) is 43.1 Å². The molecule has 0 spiro atoms. The molecule has 0 radical (unpaired) electrons. The Morgan fingerprint density at radius 3 is 2.41 bits per heavy atom. The van der Waals surface area contributed by atoms with Crippen molar-refractivity contribution in [2.24, 2.45) is 13.0 Å². The second-order valence-electron chi connectivity index (χ2n) is 6.87. The molecule has 2 heterocycles. The fraction of sp³-hybridized carbons (Fsp3) is 0.765. The lowest BCUT2D eigenvalue weighted by Gasteiger charge is -2.24. The van der Waals surface area contributed by atoms with Crippen molar-refractivity contribution in [2.75, 3.05) is 27.2 Å². The van der Waals surface area contributed by atoms with E-state index in [1.54, 1.807) is 0 Å². The molecule has 0 aliphatic carbocycles. The van der Waals surface area contributed by atoms with E-state index in [0.29, 0.717) is 12.0 Å². The lowest BCUT2D eigenvalue weighted by Crippen LogP contribution is -2.37. The summed E-state index contributed by atoms with van der Waals surface area (Å²) in [4.78, 5) is 17.3. The van der Waals surface area contributed by atoms with Crippen LogP contribution in [0.3, 0.4) is 0 Å². The summed E-state index contributed by atoms with van der Waals surface area (Å²) in [7, 11) is 6.16. The maximum Gasteiger partial charge on any atom is 0.230 e. The molecule has 5 nitrogen and oxygen atoms in total. The molecule has 1 aliphatic heterocycles. The number of carbonyl (C=O) groups excluding carboxylic acids is 1. The molecule has 1 aromatic heterocycles. The molecule has 2 rings (SSSR count). The first-order chi connectivity index (χ1) is 10.3. The molecule has 1 fully saturated rings. The Labute approximate surface area is 134 Å². The number of nitrogens with zero attached hydrogens (tertiary/aromatic N) is 4. The van der Waals surface area contributed by atoms with E-state index in [4.69, 9.17) is 0 Å². The van der Waals surface area contributed by atoms with Crippen molar-refractivity contribution in [2.45, 2.75) is 46.1 Å². The molecule has 1 saturated heterocycles. The number of amides is 1. The Morgan fingerprint density at radius 1 is 1.36 bits per heavy atom. The van der Waals surface area contributed by atoms with Crippen LogP contribution in [0.25, 0.3) is 0 Å². The number of aryl methyl sites for hydroxylation is 2. The second-order valence-corrected chi connectivity index (χ2v) is 6.87. The molecular formula is C17H30N4O. The van der Waals surface area contributed by atoms with Gasteiger partial charge in [-0.15, -0.1) is 0 Å². The van der Waals surface area contributed by atoms with E-state index in [9.17, 15) is 4.79 Å². The summed E-state index contributed by atoms with van der Waals surface area (Å²) in [5.74, 6) is 0.691. The average molecular weight is 306 g/mol. The van der Waals surface area contributed by atoms with Crippen molar-refractivity contribution in [1.82, 2.24) is 19.6 Å². The third-order valence-corrected chi connectivity index (χ3v) is 5.27. The van der Waals surface area contributed by atoms with E-state index in [-0.39, 0.29) is 11.8 Å². The Bertz CT molecular complexity index is 549. The highest BCUT2D eigenvalue weighted by atomic mass is 16.2. The van der Waals surface area contributed by atoms with Crippen molar-refractivity contribution in [3.8, 4) is 0 Å². The van der Waals surface area contributed by atoms with E-state index >= 15 is 0 Å². The maximum absolute atomic E-state index is 13.0. The molecule has 0 bridgehead atoms. The highest BCUT2D eigenvalue weighted by Gasteiger charge is 2.37. The molecule has 1 amide bonds. The predicted molar refractivity (Wildman–Crippen MR) is 88.9 cm³/mol. The van der Waals surface area contributed by atoms with Crippen molar-refractivity contribution in [3.05, 3.63) is 17.0 Å². The minimum Gasteiger partial charge on any atom is -0.340 e. The van der Waals surface area contributed by atoms with Crippen molar-refractivity contribution < 1.29 is 4.79 Å². The van der Waals surface area contributed by atoms with Gasteiger partial charge < -0.3 is 9.80 Å². The number of hydrogen-bond donors (Lipinski definition) is 0. The van der Waals surface area contributed by atoms with Gasteiger partial charge in [0.15, 0.2) is 0 Å². The third-order valence-electron chi connectivity index (χ3n) is 5.27. The Morgan fingerprint density at radius 2 is 2.00 bits per heavy atom. The first-order valence-corrected chi connectivity index (χ1v) is 8.23. The summed E-state index contributed by atoms with van der Waals surface area (Å²) in [6.45, 7) is 9.99. The summed E-state index contributed by atoms with van der Waals surface area (Å²) in [6.07, 6.45) is 1.12. The van der Waals surface area contributed by atoms with Gasteiger partial charge in [-0.2, -0.15) is 5.10 Å². The number of aromatic nitrogens is 2. The summed E-state index contributed by atoms with van der Waals surface area (Å²) >= 11 is 0. The van der Waals surface area contributed by atoms with Crippen LogP contribution in [0.15, 0.2) is 0 Å². The van der Waals surface area contributed by atoms with Crippen LogP contribution < -0.4 is 0 Å². The summed E-state index contributed by atoms with van der Waals surface area (Å²) < 4.78 is 1.87. The maximum atomic E-state index is 13.0. The third kappa shape index (κ3) is 2.91. The molecule has 0 unspecified atom stereocenters. The smallest absolute Gasteiger partial charge is 0.230 e. The van der Waals surface area contributed by atoms with Gasteiger partial charge in [-0.05, 0) is 40.8 Å². The van der Waals surface area contributed by atoms with Gasteiger partial charge in [0, 0.05) is 37.4 Å². The van der Waals surface area contributed by atoms with Crippen LogP contribution in [0.2, 0.25) is 0 Å². The lowest BCUT2D eigenvalue weighted by atomic mass is 9.97. The molecule has 22 heavy (non-hydrogen) atoms. The van der Waals surface area contributed by atoms with Gasteiger partial charge >= 0.3 is 0 Å². The van der Waals surface area contributed by atoms with Gasteiger partial charge in [-0.1, -0.05) is 13.3 Å². The van der Waals surface area contributed by atoms with Crippen molar-refractivity contribution >= 4 is 5.91 Å². The van der Waals surface area contributed by atoms with Crippen LogP contribution in [-0.4, -0.2) is 58.7 Å². The SMILES string of the molecule is CC[C@@H]1CN(C(=O)[C@H](C)c2c(C)nn(C)c2C)C[C@@H]1N(C)C. The standard InChI is InChI=1S/C17H30N4O/c1-8-14-9-21(10-15(14)19(5)6)17(22)11(2)16-12(3)18-20(7)13(16)4/h11,14-15H,8-10H2,1-7H3/t11-,14-,15+/m1/s1. The van der Waals surface area contributed by atoms with Gasteiger partial charge in [0.25, 0.3) is 0 Å². The largest absolute Gasteiger partial charge is 0.340 e. The first-order valence-electron chi connectivity index (χ1n) is 8.23. The van der Waals surface area contributed by atoms with Crippen LogP contribution in [0.5, 0.6) is 0 Å². The van der Waals surface area contributed by atoms with Gasteiger partial charge in [-0.3, -0.25) is 9.48 Å². The monoisotopic (exact) mass is 306 g/mol. The quantitative estimate of drug-likeness (QED) is 0.853. The topological polar surface area (TPSA) is 41.4 Å².